The first kappa shape index (κ1) is 17.5. The minimum absolute atomic E-state index is 0.273. The van der Waals surface area contributed by atoms with Gasteiger partial charge in [-0.25, -0.2) is 0 Å². The van der Waals surface area contributed by atoms with Crippen molar-refractivity contribution in [1.82, 2.24) is 5.32 Å². The fourth-order valence-corrected chi connectivity index (χ4v) is 2.69. The molecule has 0 aliphatic rings. The first-order valence-electron chi connectivity index (χ1n) is 7.82. The van der Waals surface area contributed by atoms with Crippen molar-refractivity contribution in [3.05, 3.63) is 84.4 Å². The van der Waals surface area contributed by atoms with Crippen LogP contribution in [0.4, 0.5) is 0 Å². The molecule has 0 radical (unpaired) electrons. The normalized spacial score (nSPS) is 12.2. The van der Waals surface area contributed by atoms with Gasteiger partial charge < -0.3 is 11.1 Å². The molecule has 0 unspecified atom stereocenters. The minimum Gasteiger partial charge on any atom is -0.368 e. The van der Waals surface area contributed by atoms with Crippen LogP contribution in [-0.2, 0) is 15.0 Å². The summed E-state index contributed by atoms with van der Waals surface area (Å²) in [5.41, 5.74) is 6.14. The van der Waals surface area contributed by atoms with Crippen LogP contribution in [0.3, 0.4) is 0 Å². The molecule has 1 atom stereocenters. The lowest BCUT2D eigenvalue weighted by atomic mass is 9.75. The molecule has 2 aromatic rings. The lowest BCUT2D eigenvalue weighted by molar-refractivity contribution is -0.129. The molecule has 0 fully saturated rings. The van der Waals surface area contributed by atoms with E-state index in [-0.39, 0.29) is 5.91 Å². The maximum absolute atomic E-state index is 13.1. The highest BCUT2D eigenvalue weighted by Gasteiger charge is 2.38. The molecule has 124 valence electrons. The number of nitrogens with two attached hydrogens (primary N) is 1. The number of benzene rings is 2. The molecule has 4 heteroatoms. The summed E-state index contributed by atoms with van der Waals surface area (Å²) in [6.07, 6.45) is 1.86. The second-order valence-electron chi connectivity index (χ2n) is 5.81. The Morgan fingerprint density at radius 2 is 1.54 bits per heavy atom. The largest absolute Gasteiger partial charge is 0.368 e. The second-order valence-corrected chi connectivity index (χ2v) is 5.81. The van der Waals surface area contributed by atoms with Gasteiger partial charge in [-0.05, 0) is 24.5 Å². The van der Waals surface area contributed by atoms with Gasteiger partial charge in [0.1, 0.15) is 6.04 Å². The number of hydrogen-bond donors (Lipinski definition) is 2. The van der Waals surface area contributed by atoms with E-state index in [1.807, 2.05) is 67.6 Å². The maximum Gasteiger partial charge on any atom is 0.240 e. The Hall–Kier alpha value is -2.88. The van der Waals surface area contributed by atoms with Crippen LogP contribution in [0.25, 0.3) is 0 Å². The summed E-state index contributed by atoms with van der Waals surface area (Å²) >= 11 is 0. The Bertz CT molecular complexity index is 671. The number of rotatable bonds is 7. The molecule has 0 aromatic heterocycles. The molecule has 0 saturated carbocycles. The van der Waals surface area contributed by atoms with Crippen molar-refractivity contribution in [2.45, 2.75) is 24.8 Å². The van der Waals surface area contributed by atoms with Gasteiger partial charge in [0.15, 0.2) is 0 Å². The monoisotopic (exact) mass is 322 g/mol. The van der Waals surface area contributed by atoms with E-state index in [9.17, 15) is 9.59 Å². The molecule has 2 rings (SSSR count). The Morgan fingerprint density at radius 3 is 1.92 bits per heavy atom. The van der Waals surface area contributed by atoms with E-state index in [1.54, 1.807) is 6.08 Å². The molecule has 0 aliphatic heterocycles. The number of nitrogens with one attached hydrogen (secondary N) is 1. The summed E-state index contributed by atoms with van der Waals surface area (Å²) in [5.74, 6) is -0.850. The quantitative estimate of drug-likeness (QED) is 0.769. The highest BCUT2D eigenvalue weighted by molar-refractivity contribution is 5.95. The predicted molar refractivity (Wildman–Crippen MR) is 95.3 cm³/mol. The molecule has 0 spiro atoms. The summed E-state index contributed by atoms with van der Waals surface area (Å²) in [7, 11) is 0. The molecule has 0 aliphatic carbocycles. The van der Waals surface area contributed by atoms with Crippen molar-refractivity contribution >= 4 is 11.8 Å². The van der Waals surface area contributed by atoms with Crippen molar-refractivity contribution in [3.8, 4) is 0 Å². The van der Waals surface area contributed by atoms with Gasteiger partial charge in [-0.3, -0.25) is 9.59 Å². The minimum atomic E-state index is -0.933. The molecular formula is C20H22N2O2. The summed E-state index contributed by atoms with van der Waals surface area (Å²) in [4.78, 5) is 24.7. The van der Waals surface area contributed by atoms with Gasteiger partial charge in [0.25, 0.3) is 0 Å². The Labute approximate surface area is 142 Å². The van der Waals surface area contributed by atoms with E-state index in [0.29, 0.717) is 6.42 Å². The summed E-state index contributed by atoms with van der Waals surface area (Å²) in [6.45, 7) is 5.46. The molecule has 0 bridgehead atoms. The molecule has 3 N–H and O–H groups in total. The average molecular weight is 322 g/mol. The van der Waals surface area contributed by atoms with Gasteiger partial charge in [0.2, 0.25) is 11.8 Å². The van der Waals surface area contributed by atoms with E-state index < -0.39 is 17.4 Å². The Balaban J connectivity index is 2.45. The highest BCUT2D eigenvalue weighted by atomic mass is 16.2. The Kier molecular flexibility index (Phi) is 5.53. The van der Waals surface area contributed by atoms with Gasteiger partial charge in [0, 0.05) is 0 Å². The lowest BCUT2D eigenvalue weighted by Gasteiger charge is -2.31. The van der Waals surface area contributed by atoms with Crippen LogP contribution in [0.15, 0.2) is 73.3 Å². The fraction of sp³-hybridized carbons (Fsp3) is 0.200. The summed E-state index contributed by atoms with van der Waals surface area (Å²) < 4.78 is 0. The number of amides is 2. The van der Waals surface area contributed by atoms with Crippen LogP contribution in [0.5, 0.6) is 0 Å². The second kappa shape index (κ2) is 7.59. The molecule has 2 amide bonds. The van der Waals surface area contributed by atoms with Gasteiger partial charge in [-0.15, -0.1) is 6.58 Å². The highest BCUT2D eigenvalue weighted by Crippen LogP contribution is 2.32. The van der Waals surface area contributed by atoms with Gasteiger partial charge in [-0.2, -0.15) is 0 Å². The van der Waals surface area contributed by atoms with Crippen LogP contribution < -0.4 is 11.1 Å². The zero-order chi connectivity index (χ0) is 17.6. The van der Waals surface area contributed by atoms with Crippen LogP contribution in [-0.4, -0.2) is 17.9 Å². The number of carbonyl (C=O) groups is 2. The van der Waals surface area contributed by atoms with Crippen LogP contribution in [0.2, 0.25) is 0 Å². The average Bonchev–Trinajstić information content (AvgIpc) is 2.62. The van der Waals surface area contributed by atoms with Crippen LogP contribution >= 0.6 is 0 Å². The number of carbonyl (C=O) groups excluding carboxylic acids is 2. The van der Waals surface area contributed by atoms with E-state index in [1.165, 1.54) is 0 Å². The fourth-order valence-electron chi connectivity index (χ4n) is 2.69. The third-order valence-electron chi connectivity index (χ3n) is 4.21. The van der Waals surface area contributed by atoms with E-state index in [4.69, 9.17) is 5.73 Å². The summed E-state index contributed by atoms with van der Waals surface area (Å²) in [5, 5.41) is 2.77. The lowest BCUT2D eigenvalue weighted by Crippen LogP contribution is -2.51. The van der Waals surface area contributed by atoms with Crippen LogP contribution in [0.1, 0.15) is 24.5 Å². The van der Waals surface area contributed by atoms with Crippen molar-refractivity contribution in [3.63, 3.8) is 0 Å². The van der Waals surface area contributed by atoms with Gasteiger partial charge in [-0.1, -0.05) is 66.7 Å². The Morgan fingerprint density at radius 1 is 1.08 bits per heavy atom. The van der Waals surface area contributed by atoms with E-state index in [2.05, 4.69) is 11.9 Å². The van der Waals surface area contributed by atoms with Crippen molar-refractivity contribution in [2.75, 3.05) is 0 Å². The molecule has 2 aromatic carbocycles. The standard InChI is InChI=1S/C20H22N2O2/c1-3-10-17(18(21)23)22-19(24)20(2,15-11-6-4-7-12-15)16-13-8-5-9-14-16/h3-9,11-14,17H,1,10H2,2H3,(H2,21,23)(H,22,24)/t17-/m0/s1. The molecule has 24 heavy (non-hydrogen) atoms. The van der Waals surface area contributed by atoms with Crippen molar-refractivity contribution in [2.24, 2.45) is 5.73 Å². The molecule has 4 nitrogen and oxygen atoms in total. The summed E-state index contributed by atoms with van der Waals surface area (Å²) in [6, 6.07) is 18.2. The predicted octanol–water partition coefficient (Wildman–Crippen LogP) is 2.54. The zero-order valence-corrected chi connectivity index (χ0v) is 13.7. The first-order valence-corrected chi connectivity index (χ1v) is 7.82. The SMILES string of the molecule is C=CC[C@H](NC(=O)C(C)(c1ccccc1)c1ccccc1)C(N)=O. The first-order chi connectivity index (χ1) is 11.5. The van der Waals surface area contributed by atoms with Crippen molar-refractivity contribution < 1.29 is 9.59 Å². The number of hydrogen-bond acceptors (Lipinski definition) is 2. The molecular weight excluding hydrogens is 300 g/mol. The topological polar surface area (TPSA) is 72.2 Å². The maximum atomic E-state index is 13.1. The third-order valence-corrected chi connectivity index (χ3v) is 4.21. The zero-order valence-electron chi connectivity index (χ0n) is 13.7. The molecule has 0 heterocycles. The van der Waals surface area contributed by atoms with Crippen LogP contribution in [0, 0.1) is 0 Å². The van der Waals surface area contributed by atoms with Gasteiger partial charge in [0.05, 0.1) is 5.41 Å². The smallest absolute Gasteiger partial charge is 0.240 e. The van der Waals surface area contributed by atoms with E-state index >= 15 is 0 Å². The molecule has 0 saturated heterocycles. The van der Waals surface area contributed by atoms with Gasteiger partial charge >= 0.3 is 0 Å². The van der Waals surface area contributed by atoms with Crippen molar-refractivity contribution in [1.29, 1.82) is 0 Å². The van der Waals surface area contributed by atoms with E-state index in [0.717, 1.165) is 11.1 Å². The number of primary amides is 1. The third kappa shape index (κ3) is 3.54.